The van der Waals surface area contributed by atoms with Crippen molar-refractivity contribution in [3.63, 3.8) is 0 Å². The second-order valence-corrected chi connectivity index (χ2v) is 6.76. The summed E-state index contributed by atoms with van der Waals surface area (Å²) in [6.45, 7) is 3.34. The number of hydrogen-bond donors (Lipinski definition) is 2. The van der Waals surface area contributed by atoms with Gasteiger partial charge in [-0.15, -0.1) is 0 Å². The van der Waals surface area contributed by atoms with Crippen LogP contribution in [-0.4, -0.2) is 39.8 Å². The highest BCUT2D eigenvalue weighted by atomic mass is 19.1. The van der Waals surface area contributed by atoms with Crippen molar-refractivity contribution in [1.29, 1.82) is 0 Å². The van der Waals surface area contributed by atoms with Gasteiger partial charge in [0.1, 0.15) is 11.2 Å². The normalized spacial score (nSPS) is 19.5. The van der Waals surface area contributed by atoms with Gasteiger partial charge in [0, 0.05) is 31.9 Å². The summed E-state index contributed by atoms with van der Waals surface area (Å²) in [6, 6.07) is 1.12. The Labute approximate surface area is 148 Å². The number of carboxylic acid groups (broad SMARTS) is 1. The van der Waals surface area contributed by atoms with Gasteiger partial charge < -0.3 is 20.3 Å². The average Bonchev–Trinajstić information content (AvgIpc) is 3.17. The summed E-state index contributed by atoms with van der Waals surface area (Å²) in [7, 11) is 0. The van der Waals surface area contributed by atoms with Crippen molar-refractivity contribution in [3.8, 4) is 0 Å². The highest BCUT2D eigenvalue weighted by molar-refractivity contribution is 5.92. The van der Waals surface area contributed by atoms with Gasteiger partial charge in [0.2, 0.25) is 5.43 Å². The Morgan fingerprint density at radius 1 is 1.46 bits per heavy atom. The van der Waals surface area contributed by atoms with Crippen LogP contribution in [0.4, 0.5) is 10.2 Å². The van der Waals surface area contributed by atoms with Crippen molar-refractivity contribution < 1.29 is 14.3 Å². The number of aryl methyl sites for hydroxylation is 1. The van der Waals surface area contributed by atoms with Gasteiger partial charge in [-0.3, -0.25) is 4.79 Å². The Morgan fingerprint density at radius 2 is 2.23 bits per heavy atom. The number of carboxylic acids is 1. The molecule has 7 nitrogen and oxygen atoms in total. The molecule has 8 heteroatoms. The highest BCUT2D eigenvalue weighted by Crippen LogP contribution is 2.35. The van der Waals surface area contributed by atoms with Crippen molar-refractivity contribution in [2.75, 3.05) is 18.0 Å². The zero-order valence-electron chi connectivity index (χ0n) is 14.3. The lowest BCUT2D eigenvalue weighted by Crippen LogP contribution is -2.29. The summed E-state index contributed by atoms with van der Waals surface area (Å²) in [5.41, 5.74) is 7.67. The van der Waals surface area contributed by atoms with Crippen LogP contribution in [0.1, 0.15) is 30.1 Å². The van der Waals surface area contributed by atoms with Crippen LogP contribution in [0.3, 0.4) is 0 Å². The molecule has 3 N–H and O–H groups in total. The summed E-state index contributed by atoms with van der Waals surface area (Å²) in [6.07, 6.45) is 3.11. The number of pyridine rings is 2. The first-order valence-electron chi connectivity index (χ1n) is 8.59. The molecule has 1 aliphatic carbocycles. The monoisotopic (exact) mass is 358 g/mol. The molecule has 3 heterocycles. The Morgan fingerprint density at radius 3 is 2.88 bits per heavy atom. The number of fused-ring (bicyclic) bond motifs is 1. The molecule has 136 valence electrons. The van der Waals surface area contributed by atoms with Gasteiger partial charge in [0.25, 0.3) is 0 Å². The van der Waals surface area contributed by atoms with Crippen LogP contribution in [0.25, 0.3) is 11.0 Å². The first-order chi connectivity index (χ1) is 12.4. The molecule has 0 saturated carbocycles. The van der Waals surface area contributed by atoms with Crippen molar-refractivity contribution in [3.05, 3.63) is 45.0 Å². The van der Waals surface area contributed by atoms with Gasteiger partial charge in [-0.25, -0.2) is 14.2 Å². The molecule has 26 heavy (non-hydrogen) atoms. The van der Waals surface area contributed by atoms with Crippen LogP contribution in [0.2, 0.25) is 0 Å². The number of nitrogens with two attached hydrogens (primary N) is 1. The van der Waals surface area contributed by atoms with Crippen molar-refractivity contribution >= 4 is 22.8 Å². The smallest absolute Gasteiger partial charge is 0.341 e. The van der Waals surface area contributed by atoms with Gasteiger partial charge in [0.15, 0.2) is 11.6 Å². The summed E-state index contributed by atoms with van der Waals surface area (Å²) in [5, 5.41) is 9.18. The van der Waals surface area contributed by atoms with E-state index < -0.39 is 17.2 Å². The number of nitrogens with zero attached hydrogens (tertiary/aromatic N) is 3. The Balaban J connectivity index is 1.84. The van der Waals surface area contributed by atoms with Crippen LogP contribution in [-0.2, 0) is 6.54 Å². The largest absolute Gasteiger partial charge is 0.477 e. The predicted octanol–water partition coefficient (Wildman–Crippen LogP) is 1.49. The molecule has 0 saturated heterocycles. The number of aromatic carboxylic acids is 1. The Hall–Kier alpha value is -2.74. The van der Waals surface area contributed by atoms with Gasteiger partial charge in [-0.2, -0.15) is 0 Å². The molecule has 1 atom stereocenters. The predicted molar refractivity (Wildman–Crippen MR) is 95.0 cm³/mol. The standard InChI is InChI=1S/C18H19FN4O3/c1-2-22-8-12(18(25)26)15(24)10-5-13(19)17(21-16(10)22)23-6-9-3-4-14(20)11(9)7-23/h5,8,14H,2-4,6-7,20H2,1H3,(H,25,26). The second kappa shape index (κ2) is 5.91. The molecule has 0 aromatic carbocycles. The SMILES string of the molecule is CCn1cc(C(=O)O)c(=O)c2cc(F)c(N3CC4=C(C3)C(N)CC4)nc21. The van der Waals surface area contributed by atoms with E-state index in [2.05, 4.69) is 4.98 Å². The molecule has 2 aromatic heterocycles. The fraction of sp³-hybridized carbons (Fsp3) is 0.389. The molecule has 2 aliphatic rings. The van der Waals surface area contributed by atoms with Crippen molar-refractivity contribution in [2.45, 2.75) is 32.4 Å². The van der Waals surface area contributed by atoms with Gasteiger partial charge >= 0.3 is 5.97 Å². The number of carbonyl (C=O) groups is 1. The molecule has 4 rings (SSSR count). The molecule has 0 fully saturated rings. The molecular weight excluding hydrogens is 339 g/mol. The lowest BCUT2D eigenvalue weighted by Gasteiger charge is -2.22. The molecule has 0 amide bonds. The van der Waals surface area contributed by atoms with Crippen molar-refractivity contribution in [2.24, 2.45) is 5.73 Å². The van der Waals surface area contributed by atoms with E-state index in [1.54, 1.807) is 4.57 Å². The Bertz CT molecular complexity index is 1030. The third-order valence-corrected chi connectivity index (χ3v) is 5.26. The van der Waals surface area contributed by atoms with E-state index >= 15 is 0 Å². The lowest BCUT2D eigenvalue weighted by molar-refractivity contribution is 0.0695. The lowest BCUT2D eigenvalue weighted by atomic mass is 10.1. The van der Waals surface area contributed by atoms with E-state index in [9.17, 15) is 19.1 Å². The maximum absolute atomic E-state index is 14.7. The zero-order valence-corrected chi connectivity index (χ0v) is 14.3. The molecule has 1 unspecified atom stereocenters. The molecular formula is C18H19FN4O3. The molecule has 0 spiro atoms. The highest BCUT2D eigenvalue weighted by Gasteiger charge is 2.32. The van der Waals surface area contributed by atoms with E-state index in [0.29, 0.717) is 19.6 Å². The summed E-state index contributed by atoms with van der Waals surface area (Å²) >= 11 is 0. The Kier molecular flexibility index (Phi) is 3.80. The van der Waals surface area contributed by atoms with E-state index in [1.807, 2.05) is 11.8 Å². The van der Waals surface area contributed by atoms with Crippen molar-refractivity contribution in [1.82, 2.24) is 9.55 Å². The number of aromatic nitrogens is 2. The molecule has 1 aliphatic heterocycles. The maximum atomic E-state index is 14.7. The van der Waals surface area contributed by atoms with Crippen LogP contribution < -0.4 is 16.1 Å². The fourth-order valence-corrected chi connectivity index (χ4v) is 3.87. The summed E-state index contributed by atoms with van der Waals surface area (Å²) in [4.78, 5) is 29.9. The zero-order chi connectivity index (χ0) is 18.6. The molecule has 0 radical (unpaired) electrons. The van der Waals surface area contributed by atoms with Crippen LogP contribution >= 0.6 is 0 Å². The topological polar surface area (TPSA) is 101 Å². The van der Waals surface area contributed by atoms with Gasteiger partial charge in [-0.1, -0.05) is 0 Å². The summed E-state index contributed by atoms with van der Waals surface area (Å²) < 4.78 is 16.3. The number of hydrogen-bond acceptors (Lipinski definition) is 5. The first kappa shape index (κ1) is 16.7. The van der Waals surface area contributed by atoms with Crippen LogP contribution in [0, 0.1) is 5.82 Å². The van der Waals surface area contributed by atoms with E-state index in [-0.39, 0.29) is 28.5 Å². The minimum atomic E-state index is -1.34. The third-order valence-electron chi connectivity index (χ3n) is 5.26. The number of rotatable bonds is 3. The van der Waals surface area contributed by atoms with E-state index in [0.717, 1.165) is 24.5 Å². The number of anilines is 1. The van der Waals surface area contributed by atoms with Crippen LogP contribution in [0.15, 0.2) is 28.2 Å². The van der Waals surface area contributed by atoms with E-state index in [4.69, 9.17) is 5.73 Å². The van der Waals surface area contributed by atoms with Crippen LogP contribution in [0.5, 0.6) is 0 Å². The average molecular weight is 358 g/mol. The third kappa shape index (κ3) is 2.40. The minimum absolute atomic E-state index is 0.0189. The maximum Gasteiger partial charge on any atom is 0.341 e. The second-order valence-electron chi connectivity index (χ2n) is 6.76. The molecule has 0 bridgehead atoms. The minimum Gasteiger partial charge on any atom is -0.477 e. The summed E-state index contributed by atoms with van der Waals surface area (Å²) in [5.74, 6) is -1.80. The molecule has 2 aromatic rings. The van der Waals surface area contributed by atoms with Gasteiger partial charge in [-0.05, 0) is 37.0 Å². The fourth-order valence-electron chi connectivity index (χ4n) is 3.87. The van der Waals surface area contributed by atoms with Gasteiger partial charge in [0.05, 0.1) is 5.39 Å². The van der Waals surface area contributed by atoms with E-state index in [1.165, 1.54) is 11.8 Å². The number of halogens is 1. The first-order valence-corrected chi connectivity index (χ1v) is 8.59. The quantitative estimate of drug-likeness (QED) is 0.806.